The Morgan fingerprint density at radius 2 is 2.33 bits per heavy atom. The maximum Gasteiger partial charge on any atom is 0.149 e. The van der Waals surface area contributed by atoms with Gasteiger partial charge in [0.2, 0.25) is 0 Å². The molecule has 0 fully saturated rings. The van der Waals surface area contributed by atoms with Gasteiger partial charge in [-0.1, -0.05) is 11.6 Å². The molecule has 2 rings (SSSR count). The predicted octanol–water partition coefficient (Wildman–Crippen LogP) is 3.42. The molecule has 18 heavy (non-hydrogen) atoms. The molecular formula is C12H11ClN4S. The number of nitrogens with two attached hydrogens (primary N) is 1. The largest absolute Gasteiger partial charge is 0.396 e. The normalized spacial score (nSPS) is 11.8. The summed E-state index contributed by atoms with van der Waals surface area (Å²) in [7, 11) is 0. The number of nitrogens with one attached hydrogen (secondary N) is 1. The molecule has 2 heterocycles. The highest BCUT2D eigenvalue weighted by molar-refractivity contribution is 7.16. The lowest BCUT2D eigenvalue weighted by atomic mass is 10.2. The van der Waals surface area contributed by atoms with Gasteiger partial charge in [0, 0.05) is 11.1 Å². The SMILES string of the molecule is CC(Nc1ncc(C#N)cc1N)c1ccc(Cl)s1. The summed E-state index contributed by atoms with van der Waals surface area (Å²) in [5, 5.41) is 11.9. The molecule has 0 spiro atoms. The number of nitriles is 1. The first kappa shape index (κ1) is 12.7. The molecule has 0 aliphatic rings. The zero-order valence-corrected chi connectivity index (χ0v) is 11.2. The van der Waals surface area contributed by atoms with Crippen molar-refractivity contribution < 1.29 is 0 Å². The van der Waals surface area contributed by atoms with Crippen molar-refractivity contribution in [3.05, 3.63) is 39.2 Å². The van der Waals surface area contributed by atoms with Crippen molar-refractivity contribution in [2.75, 3.05) is 11.1 Å². The van der Waals surface area contributed by atoms with E-state index in [1.807, 2.05) is 25.1 Å². The fourth-order valence-corrected chi connectivity index (χ4v) is 2.56. The average Bonchev–Trinajstić information content (AvgIpc) is 2.78. The van der Waals surface area contributed by atoms with Crippen LogP contribution in [0, 0.1) is 11.3 Å². The highest BCUT2D eigenvalue weighted by atomic mass is 35.5. The van der Waals surface area contributed by atoms with E-state index in [1.54, 1.807) is 6.07 Å². The molecule has 3 N–H and O–H groups in total. The third kappa shape index (κ3) is 2.73. The summed E-state index contributed by atoms with van der Waals surface area (Å²) in [4.78, 5) is 5.24. The number of hydrogen-bond donors (Lipinski definition) is 2. The maximum absolute atomic E-state index is 8.74. The second-order valence-electron chi connectivity index (χ2n) is 3.78. The molecule has 0 saturated carbocycles. The molecule has 0 aromatic carbocycles. The van der Waals surface area contributed by atoms with Crippen molar-refractivity contribution in [3.63, 3.8) is 0 Å². The third-order valence-corrected chi connectivity index (χ3v) is 3.83. The topological polar surface area (TPSA) is 74.7 Å². The lowest BCUT2D eigenvalue weighted by Gasteiger charge is -2.14. The van der Waals surface area contributed by atoms with Gasteiger partial charge < -0.3 is 11.1 Å². The van der Waals surface area contributed by atoms with Crippen LogP contribution in [0.5, 0.6) is 0 Å². The van der Waals surface area contributed by atoms with Gasteiger partial charge in [-0.25, -0.2) is 4.98 Å². The predicted molar refractivity (Wildman–Crippen MR) is 74.7 cm³/mol. The molecule has 0 radical (unpaired) electrons. The Morgan fingerprint density at radius 3 is 2.89 bits per heavy atom. The van der Waals surface area contributed by atoms with Crippen molar-refractivity contribution in [2.45, 2.75) is 13.0 Å². The number of anilines is 2. The number of thiophene rings is 1. The molecule has 4 nitrogen and oxygen atoms in total. The van der Waals surface area contributed by atoms with Crippen molar-refractivity contribution in [3.8, 4) is 6.07 Å². The lowest BCUT2D eigenvalue weighted by molar-refractivity contribution is 0.897. The van der Waals surface area contributed by atoms with Gasteiger partial charge in [-0.05, 0) is 25.1 Å². The first-order valence-electron chi connectivity index (χ1n) is 5.27. The monoisotopic (exact) mass is 278 g/mol. The van der Waals surface area contributed by atoms with E-state index in [0.29, 0.717) is 17.1 Å². The van der Waals surface area contributed by atoms with Crippen LogP contribution in [0.4, 0.5) is 11.5 Å². The highest BCUT2D eigenvalue weighted by Crippen LogP contribution is 2.29. The fraction of sp³-hybridized carbons (Fsp3) is 0.167. The fourth-order valence-electron chi connectivity index (χ4n) is 1.50. The second kappa shape index (κ2) is 5.25. The van der Waals surface area contributed by atoms with Crippen LogP contribution in [0.15, 0.2) is 24.4 Å². The van der Waals surface area contributed by atoms with E-state index < -0.39 is 0 Å². The first-order valence-corrected chi connectivity index (χ1v) is 6.47. The number of rotatable bonds is 3. The summed E-state index contributed by atoms with van der Waals surface area (Å²) in [6.45, 7) is 2.00. The Balaban J connectivity index is 2.17. The highest BCUT2D eigenvalue weighted by Gasteiger charge is 2.10. The van der Waals surface area contributed by atoms with Crippen molar-refractivity contribution in [2.24, 2.45) is 0 Å². The van der Waals surface area contributed by atoms with E-state index in [0.717, 1.165) is 9.21 Å². The summed E-state index contributed by atoms with van der Waals surface area (Å²) >= 11 is 7.40. The van der Waals surface area contributed by atoms with E-state index >= 15 is 0 Å². The Bertz CT molecular complexity index is 602. The Morgan fingerprint density at radius 1 is 1.56 bits per heavy atom. The molecule has 92 valence electrons. The average molecular weight is 279 g/mol. The molecule has 0 aliphatic carbocycles. The van der Waals surface area contributed by atoms with Gasteiger partial charge in [-0.3, -0.25) is 0 Å². The van der Waals surface area contributed by atoms with Gasteiger partial charge in [0.05, 0.1) is 21.6 Å². The van der Waals surface area contributed by atoms with Gasteiger partial charge >= 0.3 is 0 Å². The maximum atomic E-state index is 8.74. The van der Waals surface area contributed by atoms with Crippen molar-refractivity contribution in [1.29, 1.82) is 5.26 Å². The van der Waals surface area contributed by atoms with Gasteiger partial charge in [-0.15, -0.1) is 11.3 Å². The van der Waals surface area contributed by atoms with Crippen LogP contribution in [0.1, 0.15) is 23.4 Å². The molecule has 0 saturated heterocycles. The van der Waals surface area contributed by atoms with Crippen molar-refractivity contribution >= 4 is 34.4 Å². The number of nitrogens with zero attached hydrogens (tertiary/aromatic N) is 2. The van der Waals surface area contributed by atoms with Crippen LogP contribution >= 0.6 is 22.9 Å². The molecule has 2 aromatic rings. The number of hydrogen-bond acceptors (Lipinski definition) is 5. The minimum absolute atomic E-state index is 0.0604. The zero-order valence-electron chi connectivity index (χ0n) is 9.64. The minimum Gasteiger partial charge on any atom is -0.396 e. The molecule has 0 amide bonds. The molecule has 0 aliphatic heterocycles. The number of halogens is 1. The van der Waals surface area contributed by atoms with E-state index in [9.17, 15) is 0 Å². The smallest absolute Gasteiger partial charge is 0.149 e. The number of aromatic nitrogens is 1. The summed E-state index contributed by atoms with van der Waals surface area (Å²) in [5.74, 6) is 0.575. The van der Waals surface area contributed by atoms with Crippen LogP contribution < -0.4 is 11.1 Å². The molecule has 1 unspecified atom stereocenters. The molecule has 0 bridgehead atoms. The molecule has 2 aromatic heterocycles. The zero-order chi connectivity index (χ0) is 13.1. The molecule has 6 heteroatoms. The van der Waals surface area contributed by atoms with Crippen LogP contribution in [0.2, 0.25) is 4.34 Å². The summed E-state index contributed by atoms with van der Waals surface area (Å²) < 4.78 is 0.749. The second-order valence-corrected chi connectivity index (χ2v) is 5.53. The Hall–Kier alpha value is -1.77. The number of pyridine rings is 1. The van der Waals surface area contributed by atoms with Crippen LogP contribution in [0.3, 0.4) is 0 Å². The number of nitrogen functional groups attached to an aromatic ring is 1. The van der Waals surface area contributed by atoms with Gasteiger partial charge in [0.25, 0.3) is 0 Å². The summed E-state index contributed by atoms with van der Waals surface area (Å²) in [6, 6.07) is 7.48. The Labute approximate surface area is 114 Å². The van der Waals surface area contributed by atoms with E-state index in [4.69, 9.17) is 22.6 Å². The summed E-state index contributed by atoms with van der Waals surface area (Å²) in [6.07, 6.45) is 1.49. The lowest BCUT2D eigenvalue weighted by Crippen LogP contribution is -2.08. The molecular weight excluding hydrogens is 268 g/mol. The van der Waals surface area contributed by atoms with Crippen LogP contribution in [0.25, 0.3) is 0 Å². The van der Waals surface area contributed by atoms with Crippen LogP contribution in [-0.4, -0.2) is 4.98 Å². The molecule has 1 atom stereocenters. The summed E-state index contributed by atoms with van der Waals surface area (Å²) in [5.41, 5.74) is 6.74. The van der Waals surface area contributed by atoms with Gasteiger partial charge in [0.15, 0.2) is 0 Å². The standard InChI is InChI=1S/C12H11ClN4S/c1-7(10-2-3-11(13)18-10)17-12-9(15)4-8(5-14)6-16-12/h2-4,6-7H,15H2,1H3,(H,16,17). The van der Waals surface area contributed by atoms with Crippen molar-refractivity contribution in [1.82, 2.24) is 4.98 Å². The van der Waals surface area contributed by atoms with Crippen LogP contribution in [-0.2, 0) is 0 Å². The first-order chi connectivity index (χ1) is 8.60. The van der Waals surface area contributed by atoms with E-state index in [-0.39, 0.29) is 6.04 Å². The van der Waals surface area contributed by atoms with Gasteiger partial charge in [-0.2, -0.15) is 5.26 Å². The quantitative estimate of drug-likeness (QED) is 0.902. The minimum atomic E-state index is 0.0604. The van der Waals surface area contributed by atoms with Gasteiger partial charge in [0.1, 0.15) is 11.9 Å². The Kier molecular flexibility index (Phi) is 3.70. The van der Waals surface area contributed by atoms with E-state index in [2.05, 4.69) is 10.3 Å². The third-order valence-electron chi connectivity index (χ3n) is 2.42. The van der Waals surface area contributed by atoms with E-state index in [1.165, 1.54) is 17.5 Å².